The van der Waals surface area contributed by atoms with Crippen LogP contribution in [-0.2, 0) is 21.3 Å². The van der Waals surface area contributed by atoms with Gasteiger partial charge in [0.05, 0.1) is 18.1 Å². The van der Waals surface area contributed by atoms with Crippen molar-refractivity contribution in [2.45, 2.75) is 25.3 Å². The number of rotatable bonds is 5. The first kappa shape index (κ1) is 20.5. The van der Waals surface area contributed by atoms with Gasteiger partial charge in [-0.3, -0.25) is 4.79 Å². The fraction of sp³-hybridized carbons (Fsp3) is 0.381. The summed E-state index contributed by atoms with van der Waals surface area (Å²) in [5, 5.41) is 0. The summed E-state index contributed by atoms with van der Waals surface area (Å²) in [6.45, 7) is 5.64. The molecule has 0 atom stereocenters. The van der Waals surface area contributed by atoms with Crippen molar-refractivity contribution in [3.05, 3.63) is 64.7 Å². The zero-order valence-corrected chi connectivity index (χ0v) is 17.3. The molecule has 1 amide bonds. The molecule has 1 heterocycles. The van der Waals surface area contributed by atoms with Gasteiger partial charge >= 0.3 is 0 Å². The van der Waals surface area contributed by atoms with Gasteiger partial charge in [-0.15, -0.1) is 0 Å². The molecule has 2 aromatic rings. The molecule has 6 nitrogen and oxygen atoms in total. The number of amides is 1. The van der Waals surface area contributed by atoms with Crippen LogP contribution in [0.2, 0.25) is 0 Å². The summed E-state index contributed by atoms with van der Waals surface area (Å²) in [7, 11) is -1.93. The number of sulfonamides is 1. The number of nitrogens with zero attached hydrogens (tertiary/aromatic N) is 2. The van der Waals surface area contributed by atoms with Crippen LogP contribution in [0.5, 0.6) is 0 Å². The van der Waals surface area contributed by atoms with Crippen molar-refractivity contribution in [3.8, 4) is 0 Å². The fourth-order valence-corrected chi connectivity index (χ4v) is 4.93. The number of aryl methyl sites for hydroxylation is 2. The maximum Gasteiger partial charge on any atom is 0.253 e. The number of carbonyl (C=O) groups excluding carboxylic acids is 1. The molecule has 7 heteroatoms. The van der Waals surface area contributed by atoms with E-state index in [4.69, 9.17) is 4.74 Å². The highest BCUT2D eigenvalue weighted by Gasteiger charge is 2.28. The number of hydrogen-bond donors (Lipinski definition) is 0. The molecule has 1 saturated heterocycles. The van der Waals surface area contributed by atoms with Crippen molar-refractivity contribution < 1.29 is 17.9 Å². The predicted octanol–water partition coefficient (Wildman–Crippen LogP) is 2.60. The molecule has 150 valence electrons. The number of hydrogen-bond acceptors (Lipinski definition) is 4. The van der Waals surface area contributed by atoms with Gasteiger partial charge in [-0.2, -0.15) is 4.31 Å². The number of carbonyl (C=O) groups is 1. The third-order valence-corrected chi connectivity index (χ3v) is 7.08. The van der Waals surface area contributed by atoms with Crippen molar-refractivity contribution in [2.75, 3.05) is 33.4 Å². The second kappa shape index (κ2) is 8.43. The van der Waals surface area contributed by atoms with Crippen LogP contribution in [0.4, 0.5) is 0 Å². The van der Waals surface area contributed by atoms with Crippen molar-refractivity contribution in [2.24, 2.45) is 0 Å². The maximum atomic E-state index is 13.0. The zero-order valence-electron chi connectivity index (χ0n) is 16.5. The van der Waals surface area contributed by atoms with E-state index in [1.54, 1.807) is 31.0 Å². The molecule has 0 radical (unpaired) electrons. The number of morpholine rings is 1. The minimum Gasteiger partial charge on any atom is -0.379 e. The quantitative estimate of drug-likeness (QED) is 0.771. The predicted molar refractivity (Wildman–Crippen MR) is 108 cm³/mol. The molecule has 0 aliphatic carbocycles. The molecule has 0 aromatic heterocycles. The molecular formula is C21H26N2O4S. The van der Waals surface area contributed by atoms with Gasteiger partial charge in [0, 0.05) is 32.2 Å². The Morgan fingerprint density at radius 1 is 1.07 bits per heavy atom. The van der Waals surface area contributed by atoms with Crippen molar-refractivity contribution >= 4 is 15.9 Å². The van der Waals surface area contributed by atoms with Gasteiger partial charge in [0.2, 0.25) is 10.0 Å². The van der Waals surface area contributed by atoms with Gasteiger partial charge in [0.25, 0.3) is 5.91 Å². The third-order valence-electron chi connectivity index (χ3n) is 5.04. The Balaban J connectivity index is 1.86. The van der Waals surface area contributed by atoms with E-state index in [9.17, 15) is 13.2 Å². The minimum atomic E-state index is -3.66. The molecule has 0 spiro atoms. The van der Waals surface area contributed by atoms with Crippen LogP contribution in [0.1, 0.15) is 27.0 Å². The highest BCUT2D eigenvalue weighted by molar-refractivity contribution is 7.89. The van der Waals surface area contributed by atoms with Crippen molar-refractivity contribution in [3.63, 3.8) is 0 Å². The molecule has 1 fully saturated rings. The fourth-order valence-electron chi connectivity index (χ4n) is 3.27. The second-order valence-corrected chi connectivity index (χ2v) is 8.99. The highest BCUT2D eigenvalue weighted by atomic mass is 32.2. The molecule has 0 unspecified atom stereocenters. The maximum absolute atomic E-state index is 13.0. The first-order chi connectivity index (χ1) is 13.3. The molecule has 1 aliphatic rings. The van der Waals surface area contributed by atoms with Crippen molar-refractivity contribution in [1.82, 2.24) is 9.21 Å². The molecular weight excluding hydrogens is 376 g/mol. The summed E-state index contributed by atoms with van der Waals surface area (Å²) in [6, 6.07) is 12.8. The third kappa shape index (κ3) is 4.27. The Morgan fingerprint density at radius 3 is 2.43 bits per heavy atom. The number of benzene rings is 2. The van der Waals surface area contributed by atoms with Gasteiger partial charge in [-0.1, -0.05) is 30.3 Å². The average Bonchev–Trinajstić information content (AvgIpc) is 2.70. The molecule has 2 aromatic carbocycles. The standard InChI is InChI=1S/C21H26N2O4S/c1-16-6-4-5-7-19(16)15-22(3)21(24)18-9-8-17(2)20(14-18)28(25,26)23-10-12-27-13-11-23/h4-9,14H,10-13,15H2,1-3H3. The summed E-state index contributed by atoms with van der Waals surface area (Å²) < 4.78 is 32.7. The molecule has 1 aliphatic heterocycles. The van der Waals surface area contributed by atoms with Crippen LogP contribution in [0.25, 0.3) is 0 Å². The monoisotopic (exact) mass is 402 g/mol. The molecule has 0 saturated carbocycles. The molecule has 0 N–H and O–H groups in total. The largest absolute Gasteiger partial charge is 0.379 e. The van der Waals surface area contributed by atoms with Gasteiger partial charge in [0.1, 0.15) is 0 Å². The molecule has 0 bridgehead atoms. The Kier molecular flexibility index (Phi) is 6.17. The Morgan fingerprint density at radius 2 is 1.75 bits per heavy atom. The Labute approximate surface area is 166 Å². The first-order valence-corrected chi connectivity index (χ1v) is 10.7. The van der Waals surface area contributed by atoms with Crippen LogP contribution in [0.15, 0.2) is 47.4 Å². The summed E-state index contributed by atoms with van der Waals surface area (Å²) >= 11 is 0. The summed E-state index contributed by atoms with van der Waals surface area (Å²) in [6.07, 6.45) is 0. The second-order valence-electron chi connectivity index (χ2n) is 7.08. The minimum absolute atomic E-state index is 0.185. The lowest BCUT2D eigenvalue weighted by Gasteiger charge is -2.27. The van der Waals surface area contributed by atoms with E-state index in [0.717, 1.165) is 11.1 Å². The smallest absolute Gasteiger partial charge is 0.253 e. The highest BCUT2D eigenvalue weighted by Crippen LogP contribution is 2.23. The molecule has 28 heavy (non-hydrogen) atoms. The van der Waals surface area contributed by atoms with E-state index in [1.165, 1.54) is 10.4 Å². The summed E-state index contributed by atoms with van der Waals surface area (Å²) in [5.74, 6) is -0.207. The van der Waals surface area contributed by atoms with E-state index in [1.807, 2.05) is 31.2 Å². The van der Waals surface area contributed by atoms with Crippen LogP contribution < -0.4 is 0 Å². The Bertz CT molecular complexity index is 966. The first-order valence-electron chi connectivity index (χ1n) is 9.29. The summed E-state index contributed by atoms with van der Waals surface area (Å²) in [5.41, 5.74) is 3.17. The topological polar surface area (TPSA) is 66.9 Å². The zero-order chi connectivity index (χ0) is 20.3. The van der Waals surface area contributed by atoms with Gasteiger partial charge in [0.15, 0.2) is 0 Å². The lowest BCUT2D eigenvalue weighted by molar-refractivity contribution is 0.0730. The van der Waals surface area contributed by atoms with Gasteiger partial charge in [-0.05, 0) is 42.7 Å². The lowest BCUT2D eigenvalue weighted by atomic mass is 10.1. The van der Waals surface area contributed by atoms with Gasteiger partial charge < -0.3 is 9.64 Å². The van der Waals surface area contributed by atoms with E-state index in [-0.39, 0.29) is 10.8 Å². The summed E-state index contributed by atoms with van der Waals surface area (Å²) in [4.78, 5) is 14.7. The SMILES string of the molecule is Cc1ccccc1CN(C)C(=O)c1ccc(C)c(S(=O)(=O)N2CCOCC2)c1. The van der Waals surface area contributed by atoms with E-state index in [0.29, 0.717) is 44.0 Å². The van der Waals surface area contributed by atoms with Crippen LogP contribution in [0, 0.1) is 13.8 Å². The van der Waals surface area contributed by atoms with Gasteiger partial charge in [-0.25, -0.2) is 8.42 Å². The number of ether oxygens (including phenoxy) is 1. The van der Waals surface area contributed by atoms with E-state index in [2.05, 4.69) is 0 Å². The van der Waals surface area contributed by atoms with Crippen LogP contribution in [0.3, 0.4) is 0 Å². The lowest BCUT2D eigenvalue weighted by Crippen LogP contribution is -2.41. The van der Waals surface area contributed by atoms with Crippen LogP contribution in [-0.4, -0.2) is 56.9 Å². The Hall–Kier alpha value is -2.22. The average molecular weight is 403 g/mol. The van der Waals surface area contributed by atoms with E-state index < -0.39 is 10.0 Å². The van der Waals surface area contributed by atoms with E-state index >= 15 is 0 Å². The normalized spacial score (nSPS) is 15.4. The van der Waals surface area contributed by atoms with Crippen molar-refractivity contribution in [1.29, 1.82) is 0 Å². The molecule has 3 rings (SSSR count). The van der Waals surface area contributed by atoms with Crippen LogP contribution >= 0.6 is 0 Å².